The molecule has 1 rings (SSSR count). The molecule has 0 atom stereocenters. The van der Waals surface area contributed by atoms with Gasteiger partial charge in [-0.2, -0.15) is 0 Å². The van der Waals surface area contributed by atoms with E-state index >= 15 is 0 Å². The first-order valence-corrected chi connectivity index (χ1v) is 7.76. The highest BCUT2D eigenvalue weighted by Gasteiger charge is 2.26. The molecule has 0 spiro atoms. The van der Waals surface area contributed by atoms with Crippen molar-refractivity contribution in [3.05, 3.63) is 0 Å². The number of nitrogens with one attached hydrogen (secondary N) is 1. The van der Waals surface area contributed by atoms with Gasteiger partial charge in [0.2, 0.25) is 5.91 Å². The lowest BCUT2D eigenvalue weighted by atomic mass is 9.90. The second-order valence-electron chi connectivity index (χ2n) is 5.82. The summed E-state index contributed by atoms with van der Waals surface area (Å²) in [7, 11) is 3.68. The van der Waals surface area contributed by atoms with Crippen molar-refractivity contribution in [1.29, 1.82) is 0 Å². The summed E-state index contributed by atoms with van der Waals surface area (Å²) in [5, 5.41) is 3.54. The van der Waals surface area contributed by atoms with Crippen LogP contribution in [0.4, 0.5) is 0 Å². The van der Waals surface area contributed by atoms with Crippen molar-refractivity contribution in [2.75, 3.05) is 33.7 Å². The Labute approximate surface area is 118 Å². The Kier molecular flexibility index (Phi) is 7.39. The van der Waals surface area contributed by atoms with E-state index in [0.717, 1.165) is 19.5 Å². The largest absolute Gasteiger partial charge is 0.348 e. The number of nitrogens with zero attached hydrogens (tertiary/aromatic N) is 2. The van der Waals surface area contributed by atoms with E-state index in [1.807, 2.05) is 14.1 Å². The summed E-state index contributed by atoms with van der Waals surface area (Å²) in [4.78, 5) is 16.0. The molecule has 1 aliphatic carbocycles. The molecule has 0 aromatic carbocycles. The molecule has 4 nitrogen and oxygen atoms in total. The van der Waals surface area contributed by atoms with Crippen molar-refractivity contribution in [2.24, 2.45) is 0 Å². The van der Waals surface area contributed by atoms with Gasteiger partial charge in [-0.05, 0) is 45.2 Å². The highest BCUT2D eigenvalue weighted by molar-refractivity contribution is 5.77. The lowest BCUT2D eigenvalue weighted by molar-refractivity contribution is -0.130. The summed E-state index contributed by atoms with van der Waals surface area (Å²) in [5.74, 6) is 0.224. The molecule has 0 radical (unpaired) electrons. The van der Waals surface area contributed by atoms with E-state index in [1.165, 1.54) is 25.7 Å². The zero-order valence-electron chi connectivity index (χ0n) is 13.1. The summed E-state index contributed by atoms with van der Waals surface area (Å²) in [5.41, 5.74) is 0. The minimum atomic E-state index is 0.224. The van der Waals surface area contributed by atoms with Crippen LogP contribution in [0.25, 0.3) is 0 Å². The number of hydrogen-bond acceptors (Lipinski definition) is 3. The number of amides is 1. The number of likely N-dealkylation sites (N-methyl/N-ethyl adjacent to an activating group) is 1. The van der Waals surface area contributed by atoms with Gasteiger partial charge in [-0.3, -0.25) is 9.69 Å². The summed E-state index contributed by atoms with van der Waals surface area (Å²) in [6.45, 7) is 7.04. The van der Waals surface area contributed by atoms with Gasteiger partial charge in [-0.1, -0.05) is 13.8 Å². The molecule has 1 N–H and O–H groups in total. The Morgan fingerprint density at radius 1 is 1.16 bits per heavy atom. The lowest BCUT2D eigenvalue weighted by Crippen LogP contribution is -2.46. The van der Waals surface area contributed by atoms with Gasteiger partial charge < -0.3 is 10.2 Å². The van der Waals surface area contributed by atoms with Gasteiger partial charge in [-0.25, -0.2) is 0 Å². The molecule has 19 heavy (non-hydrogen) atoms. The molecule has 0 heterocycles. The van der Waals surface area contributed by atoms with E-state index in [9.17, 15) is 4.79 Å². The van der Waals surface area contributed by atoms with Crippen molar-refractivity contribution in [1.82, 2.24) is 15.1 Å². The lowest BCUT2D eigenvalue weighted by Gasteiger charge is -2.37. The molecular weight excluding hydrogens is 238 g/mol. The molecule has 0 aliphatic heterocycles. The minimum absolute atomic E-state index is 0.224. The molecule has 0 unspecified atom stereocenters. The SMILES string of the molecule is CCCN(CC(=O)N(C)C)C1CCC(NCC)CC1. The molecule has 1 saturated carbocycles. The van der Waals surface area contributed by atoms with E-state index < -0.39 is 0 Å². The highest BCUT2D eigenvalue weighted by atomic mass is 16.2. The maximum absolute atomic E-state index is 11.9. The third-order valence-corrected chi connectivity index (χ3v) is 4.05. The van der Waals surface area contributed by atoms with Gasteiger partial charge in [0, 0.05) is 26.2 Å². The summed E-state index contributed by atoms with van der Waals surface area (Å²) >= 11 is 0. The van der Waals surface area contributed by atoms with Crippen LogP contribution in [0.3, 0.4) is 0 Å². The highest BCUT2D eigenvalue weighted by Crippen LogP contribution is 2.23. The third-order valence-electron chi connectivity index (χ3n) is 4.05. The average molecular weight is 269 g/mol. The standard InChI is InChI=1S/C15H31N3O/c1-5-11-18(12-15(19)17(3)4)14-9-7-13(8-10-14)16-6-2/h13-14,16H,5-12H2,1-4H3. The monoisotopic (exact) mass is 269 g/mol. The first-order chi connectivity index (χ1) is 9.08. The fourth-order valence-corrected chi connectivity index (χ4v) is 2.93. The average Bonchev–Trinajstić information content (AvgIpc) is 2.39. The van der Waals surface area contributed by atoms with Crippen LogP contribution in [0, 0.1) is 0 Å². The van der Waals surface area contributed by atoms with Crippen LogP contribution in [0.1, 0.15) is 46.0 Å². The van der Waals surface area contributed by atoms with Crippen LogP contribution < -0.4 is 5.32 Å². The maximum Gasteiger partial charge on any atom is 0.236 e. The smallest absolute Gasteiger partial charge is 0.236 e. The number of rotatable bonds is 7. The van der Waals surface area contributed by atoms with Crippen LogP contribution in [0.2, 0.25) is 0 Å². The van der Waals surface area contributed by atoms with Crippen LogP contribution in [-0.2, 0) is 4.79 Å². The normalized spacial score (nSPS) is 23.6. The minimum Gasteiger partial charge on any atom is -0.348 e. The molecular formula is C15H31N3O. The molecule has 0 bridgehead atoms. The summed E-state index contributed by atoms with van der Waals surface area (Å²) < 4.78 is 0. The van der Waals surface area contributed by atoms with Gasteiger partial charge >= 0.3 is 0 Å². The van der Waals surface area contributed by atoms with E-state index in [4.69, 9.17) is 0 Å². The predicted octanol–water partition coefficient (Wildman–Crippen LogP) is 1.71. The van der Waals surface area contributed by atoms with Crippen molar-refractivity contribution in [3.63, 3.8) is 0 Å². The first-order valence-electron chi connectivity index (χ1n) is 7.76. The second-order valence-corrected chi connectivity index (χ2v) is 5.82. The Bertz CT molecular complexity index is 260. The van der Waals surface area contributed by atoms with Gasteiger partial charge in [0.1, 0.15) is 0 Å². The summed E-state index contributed by atoms with van der Waals surface area (Å²) in [6, 6.07) is 1.29. The van der Waals surface area contributed by atoms with E-state index in [2.05, 4.69) is 24.1 Å². The second kappa shape index (κ2) is 8.54. The fourth-order valence-electron chi connectivity index (χ4n) is 2.93. The van der Waals surface area contributed by atoms with E-state index in [1.54, 1.807) is 4.90 Å². The van der Waals surface area contributed by atoms with Crippen LogP contribution in [-0.4, -0.2) is 61.5 Å². The number of carbonyl (C=O) groups is 1. The van der Waals surface area contributed by atoms with Crippen LogP contribution >= 0.6 is 0 Å². The Morgan fingerprint density at radius 2 is 1.79 bits per heavy atom. The van der Waals surface area contributed by atoms with Crippen LogP contribution in [0.15, 0.2) is 0 Å². The molecule has 4 heteroatoms. The van der Waals surface area contributed by atoms with Crippen molar-refractivity contribution in [2.45, 2.75) is 58.0 Å². The molecule has 1 aliphatic rings. The maximum atomic E-state index is 11.9. The van der Waals surface area contributed by atoms with E-state index in [0.29, 0.717) is 18.6 Å². The zero-order chi connectivity index (χ0) is 14.3. The molecule has 0 aromatic heterocycles. The summed E-state index contributed by atoms with van der Waals surface area (Å²) in [6.07, 6.45) is 6.05. The van der Waals surface area contributed by atoms with E-state index in [-0.39, 0.29) is 5.91 Å². The van der Waals surface area contributed by atoms with Crippen molar-refractivity contribution in [3.8, 4) is 0 Å². The quantitative estimate of drug-likeness (QED) is 0.764. The molecule has 112 valence electrons. The van der Waals surface area contributed by atoms with Gasteiger partial charge in [0.15, 0.2) is 0 Å². The van der Waals surface area contributed by atoms with Gasteiger partial charge in [0.25, 0.3) is 0 Å². The molecule has 1 fully saturated rings. The molecule has 0 saturated heterocycles. The fraction of sp³-hybridized carbons (Fsp3) is 0.933. The first kappa shape index (κ1) is 16.4. The predicted molar refractivity (Wildman–Crippen MR) is 80.3 cm³/mol. The van der Waals surface area contributed by atoms with Crippen molar-refractivity contribution < 1.29 is 4.79 Å². The Hall–Kier alpha value is -0.610. The zero-order valence-corrected chi connectivity index (χ0v) is 13.1. The number of carbonyl (C=O) groups excluding carboxylic acids is 1. The van der Waals surface area contributed by atoms with Crippen LogP contribution in [0.5, 0.6) is 0 Å². The molecule has 0 aromatic rings. The number of hydrogen-bond donors (Lipinski definition) is 1. The van der Waals surface area contributed by atoms with Crippen molar-refractivity contribution >= 4 is 5.91 Å². The van der Waals surface area contributed by atoms with Gasteiger partial charge in [0.05, 0.1) is 6.54 Å². The molecule has 1 amide bonds. The topological polar surface area (TPSA) is 35.6 Å². The Balaban J connectivity index is 2.46. The Morgan fingerprint density at radius 3 is 2.26 bits per heavy atom. The van der Waals surface area contributed by atoms with Gasteiger partial charge in [-0.15, -0.1) is 0 Å². The third kappa shape index (κ3) is 5.49.